The van der Waals surface area contributed by atoms with Crippen molar-refractivity contribution in [3.63, 3.8) is 0 Å². The quantitative estimate of drug-likeness (QED) is 0.533. The highest BCUT2D eigenvalue weighted by atomic mass is 16.6. The Morgan fingerprint density at radius 1 is 1.08 bits per heavy atom. The van der Waals surface area contributed by atoms with Crippen molar-refractivity contribution in [3.05, 3.63) is 86.2 Å². The van der Waals surface area contributed by atoms with Gasteiger partial charge in [-0.15, -0.1) is 0 Å². The number of aryl methyl sites for hydroxylation is 1. The molecular weight excluding hydrogens is 330 g/mol. The Labute approximate surface area is 149 Å². The summed E-state index contributed by atoms with van der Waals surface area (Å²) in [7, 11) is 1.61. The lowest BCUT2D eigenvalue weighted by atomic mass is 9.98. The van der Waals surface area contributed by atoms with Crippen LogP contribution in [0.4, 0.5) is 5.69 Å². The van der Waals surface area contributed by atoms with Gasteiger partial charge in [0.1, 0.15) is 11.6 Å². The first-order chi connectivity index (χ1) is 12.4. The molecule has 0 aliphatic heterocycles. The molecular formula is C20H15N3O3. The van der Waals surface area contributed by atoms with E-state index in [1.807, 2.05) is 37.3 Å². The SMILES string of the molecule is Cc1ccc(-c2cc(-c3cccc([N+](=O)[O-])c3)c(C#N)c(=O)n2C)cc1. The van der Waals surface area contributed by atoms with Crippen LogP contribution in [0.3, 0.4) is 0 Å². The van der Waals surface area contributed by atoms with E-state index in [1.165, 1.54) is 22.8 Å². The maximum absolute atomic E-state index is 12.7. The Hall–Kier alpha value is -3.72. The van der Waals surface area contributed by atoms with Crippen molar-refractivity contribution in [3.8, 4) is 28.5 Å². The maximum Gasteiger partial charge on any atom is 0.270 e. The van der Waals surface area contributed by atoms with Gasteiger partial charge in [-0.1, -0.05) is 42.0 Å². The molecule has 1 aromatic heterocycles. The monoisotopic (exact) mass is 345 g/mol. The second kappa shape index (κ2) is 6.65. The third-order valence-corrected chi connectivity index (χ3v) is 4.26. The van der Waals surface area contributed by atoms with Gasteiger partial charge in [0, 0.05) is 24.7 Å². The van der Waals surface area contributed by atoms with Crippen LogP contribution >= 0.6 is 0 Å². The van der Waals surface area contributed by atoms with E-state index in [0.717, 1.165) is 11.1 Å². The van der Waals surface area contributed by atoms with Crippen LogP contribution < -0.4 is 5.56 Å². The lowest BCUT2D eigenvalue weighted by Crippen LogP contribution is -2.22. The molecule has 0 bridgehead atoms. The molecule has 0 N–H and O–H groups in total. The predicted molar refractivity (Wildman–Crippen MR) is 98.7 cm³/mol. The molecule has 3 aromatic rings. The van der Waals surface area contributed by atoms with Crippen molar-refractivity contribution in [2.45, 2.75) is 6.92 Å². The number of benzene rings is 2. The van der Waals surface area contributed by atoms with Crippen LogP contribution in [0.5, 0.6) is 0 Å². The fraction of sp³-hybridized carbons (Fsp3) is 0.100. The number of rotatable bonds is 3. The average molecular weight is 345 g/mol. The lowest BCUT2D eigenvalue weighted by molar-refractivity contribution is -0.384. The number of non-ortho nitro benzene ring substituents is 1. The summed E-state index contributed by atoms with van der Waals surface area (Å²) >= 11 is 0. The van der Waals surface area contributed by atoms with Gasteiger partial charge in [-0.3, -0.25) is 14.9 Å². The van der Waals surface area contributed by atoms with Crippen molar-refractivity contribution < 1.29 is 4.92 Å². The Bertz CT molecular complexity index is 1110. The Kier molecular flexibility index (Phi) is 4.38. The van der Waals surface area contributed by atoms with Crippen LogP contribution in [0.15, 0.2) is 59.4 Å². The summed E-state index contributed by atoms with van der Waals surface area (Å²) < 4.78 is 1.42. The molecule has 0 aliphatic carbocycles. The largest absolute Gasteiger partial charge is 0.310 e. The minimum Gasteiger partial charge on any atom is -0.310 e. The fourth-order valence-electron chi connectivity index (χ4n) is 2.82. The van der Waals surface area contributed by atoms with E-state index in [4.69, 9.17) is 0 Å². The molecule has 26 heavy (non-hydrogen) atoms. The van der Waals surface area contributed by atoms with Crippen LogP contribution in [0, 0.1) is 28.4 Å². The summed E-state index contributed by atoms with van der Waals surface area (Å²) in [5, 5.41) is 20.5. The summed E-state index contributed by atoms with van der Waals surface area (Å²) in [6.45, 7) is 1.97. The molecule has 0 aliphatic rings. The standard InChI is InChI=1S/C20H15N3O3/c1-13-6-8-14(9-7-13)19-11-17(18(12-21)20(24)22(19)2)15-4-3-5-16(10-15)23(25)26/h3-11H,1-2H3. The molecule has 2 aromatic carbocycles. The molecule has 128 valence electrons. The second-order valence-electron chi connectivity index (χ2n) is 5.97. The lowest BCUT2D eigenvalue weighted by Gasteiger charge is -2.13. The molecule has 0 amide bonds. The minimum absolute atomic E-state index is 0.0381. The fourth-order valence-corrected chi connectivity index (χ4v) is 2.82. The number of hydrogen-bond acceptors (Lipinski definition) is 4. The summed E-state index contributed by atoms with van der Waals surface area (Å²) in [5.41, 5.74) is 2.82. The van der Waals surface area contributed by atoms with E-state index in [1.54, 1.807) is 19.2 Å². The number of nitrogens with zero attached hydrogens (tertiary/aromatic N) is 3. The highest BCUT2D eigenvalue weighted by Crippen LogP contribution is 2.29. The Morgan fingerprint density at radius 3 is 2.38 bits per heavy atom. The molecule has 0 atom stereocenters. The molecule has 3 rings (SSSR count). The van der Waals surface area contributed by atoms with Crippen molar-refractivity contribution in [1.82, 2.24) is 4.57 Å². The van der Waals surface area contributed by atoms with Crippen molar-refractivity contribution in [2.24, 2.45) is 7.05 Å². The van der Waals surface area contributed by atoms with Gasteiger partial charge in [0.05, 0.1) is 10.6 Å². The van der Waals surface area contributed by atoms with Crippen LogP contribution in [-0.4, -0.2) is 9.49 Å². The summed E-state index contributed by atoms with van der Waals surface area (Å²) in [4.78, 5) is 23.2. The number of pyridine rings is 1. The van der Waals surface area contributed by atoms with Gasteiger partial charge in [0.2, 0.25) is 0 Å². The Balaban J connectivity index is 2.30. The number of nitriles is 1. The highest BCUT2D eigenvalue weighted by Gasteiger charge is 2.17. The summed E-state index contributed by atoms with van der Waals surface area (Å²) in [6, 6.07) is 17.3. The van der Waals surface area contributed by atoms with Gasteiger partial charge in [-0.05, 0) is 24.1 Å². The first kappa shape index (κ1) is 17.1. The summed E-state index contributed by atoms with van der Waals surface area (Å²) in [5.74, 6) is 0. The van der Waals surface area contributed by atoms with E-state index < -0.39 is 10.5 Å². The maximum atomic E-state index is 12.7. The van der Waals surface area contributed by atoms with Crippen molar-refractivity contribution in [1.29, 1.82) is 5.26 Å². The van der Waals surface area contributed by atoms with Crippen molar-refractivity contribution >= 4 is 5.69 Å². The second-order valence-corrected chi connectivity index (χ2v) is 5.97. The molecule has 1 heterocycles. The Morgan fingerprint density at radius 2 is 1.77 bits per heavy atom. The molecule has 0 saturated heterocycles. The van der Waals surface area contributed by atoms with Gasteiger partial charge in [-0.25, -0.2) is 0 Å². The normalized spacial score (nSPS) is 10.3. The van der Waals surface area contributed by atoms with E-state index in [2.05, 4.69) is 0 Å². The summed E-state index contributed by atoms with van der Waals surface area (Å²) in [6.07, 6.45) is 0. The molecule has 0 unspecified atom stereocenters. The number of hydrogen-bond donors (Lipinski definition) is 0. The first-order valence-electron chi connectivity index (χ1n) is 7.88. The van der Waals surface area contributed by atoms with Crippen LogP contribution in [0.1, 0.15) is 11.1 Å². The molecule has 6 heteroatoms. The smallest absolute Gasteiger partial charge is 0.270 e. The topological polar surface area (TPSA) is 88.9 Å². The zero-order chi connectivity index (χ0) is 18.8. The van der Waals surface area contributed by atoms with E-state index in [9.17, 15) is 20.2 Å². The number of nitro benzene ring substituents is 1. The molecule has 6 nitrogen and oxygen atoms in total. The van der Waals surface area contributed by atoms with Crippen LogP contribution in [0.25, 0.3) is 22.4 Å². The third-order valence-electron chi connectivity index (χ3n) is 4.26. The van der Waals surface area contributed by atoms with Gasteiger partial charge < -0.3 is 4.57 Å². The molecule has 0 saturated carbocycles. The molecule has 0 radical (unpaired) electrons. The van der Waals surface area contributed by atoms with E-state index >= 15 is 0 Å². The third kappa shape index (κ3) is 2.98. The van der Waals surface area contributed by atoms with E-state index in [-0.39, 0.29) is 11.3 Å². The predicted octanol–water partition coefficient (Wildman–Crippen LogP) is 3.81. The number of aromatic nitrogens is 1. The van der Waals surface area contributed by atoms with Crippen LogP contribution in [0.2, 0.25) is 0 Å². The van der Waals surface area contributed by atoms with E-state index in [0.29, 0.717) is 16.8 Å². The van der Waals surface area contributed by atoms with Gasteiger partial charge >= 0.3 is 0 Å². The first-order valence-corrected chi connectivity index (χ1v) is 7.88. The van der Waals surface area contributed by atoms with Crippen molar-refractivity contribution in [2.75, 3.05) is 0 Å². The van der Waals surface area contributed by atoms with Gasteiger partial charge in [-0.2, -0.15) is 5.26 Å². The number of nitro groups is 1. The minimum atomic E-state index is -0.503. The van der Waals surface area contributed by atoms with Crippen LogP contribution in [-0.2, 0) is 7.05 Å². The highest BCUT2D eigenvalue weighted by molar-refractivity contribution is 5.76. The van der Waals surface area contributed by atoms with Gasteiger partial charge in [0.15, 0.2) is 0 Å². The van der Waals surface area contributed by atoms with Gasteiger partial charge in [0.25, 0.3) is 11.2 Å². The average Bonchev–Trinajstić information content (AvgIpc) is 2.64. The zero-order valence-corrected chi connectivity index (χ0v) is 14.3. The molecule has 0 spiro atoms. The molecule has 0 fully saturated rings. The zero-order valence-electron chi connectivity index (χ0n) is 14.3.